The van der Waals surface area contributed by atoms with E-state index in [1.54, 1.807) is 0 Å². The second kappa shape index (κ2) is 9.20. The van der Waals surface area contributed by atoms with Crippen LogP contribution in [0.25, 0.3) is 11.1 Å². The van der Waals surface area contributed by atoms with Crippen LogP contribution in [0.15, 0.2) is 48.5 Å². The molecule has 162 valence electrons. The standard InChI is InChI=1S/C24H26N2O5/c27-22(25-13-23(28)29)11-16(15-9-10-15)12-26-24(30)31-14-21-19-7-3-1-5-17(19)18-6-2-4-8-20(18)21/h1-8,15-16,21H,9-14H2,(H,25,27)(H,26,30)(H,28,29). The molecule has 2 aromatic rings. The maximum absolute atomic E-state index is 12.4. The summed E-state index contributed by atoms with van der Waals surface area (Å²) in [6.45, 7) is 0.185. The van der Waals surface area contributed by atoms with Gasteiger partial charge in [-0.05, 0) is 46.9 Å². The molecule has 2 aromatic carbocycles. The number of carbonyl (C=O) groups excluding carboxylic acids is 2. The van der Waals surface area contributed by atoms with Crippen molar-refractivity contribution in [3.63, 3.8) is 0 Å². The molecule has 0 radical (unpaired) electrons. The number of carbonyl (C=O) groups is 3. The summed E-state index contributed by atoms with van der Waals surface area (Å²) in [5, 5.41) is 13.8. The third-order valence-electron chi connectivity index (χ3n) is 6.03. The maximum Gasteiger partial charge on any atom is 0.407 e. The predicted octanol–water partition coefficient (Wildman–Crippen LogP) is 3.14. The molecule has 3 N–H and O–H groups in total. The molecule has 1 fully saturated rings. The predicted molar refractivity (Wildman–Crippen MR) is 115 cm³/mol. The molecular weight excluding hydrogens is 396 g/mol. The van der Waals surface area contributed by atoms with Gasteiger partial charge in [0.1, 0.15) is 13.2 Å². The van der Waals surface area contributed by atoms with E-state index in [0.29, 0.717) is 12.5 Å². The van der Waals surface area contributed by atoms with Crippen molar-refractivity contribution in [1.29, 1.82) is 0 Å². The van der Waals surface area contributed by atoms with Crippen LogP contribution in [0.2, 0.25) is 0 Å². The van der Waals surface area contributed by atoms with Crippen LogP contribution in [-0.4, -0.2) is 42.8 Å². The number of alkyl carbamates (subject to hydrolysis) is 1. The molecule has 0 saturated heterocycles. The van der Waals surface area contributed by atoms with Crippen LogP contribution in [0.5, 0.6) is 0 Å². The number of carboxylic acid groups (broad SMARTS) is 1. The zero-order valence-corrected chi connectivity index (χ0v) is 17.2. The number of rotatable bonds is 9. The first kappa shape index (κ1) is 20.9. The summed E-state index contributed by atoms with van der Waals surface area (Å²) in [6.07, 6.45) is 1.73. The summed E-state index contributed by atoms with van der Waals surface area (Å²) in [6, 6.07) is 16.3. The summed E-state index contributed by atoms with van der Waals surface area (Å²) in [5.41, 5.74) is 4.66. The molecule has 0 aromatic heterocycles. The maximum atomic E-state index is 12.4. The Morgan fingerprint density at radius 2 is 1.58 bits per heavy atom. The zero-order chi connectivity index (χ0) is 21.8. The van der Waals surface area contributed by atoms with E-state index in [9.17, 15) is 14.4 Å². The molecule has 0 spiro atoms. The number of hydrogen-bond acceptors (Lipinski definition) is 4. The second-order valence-electron chi connectivity index (χ2n) is 8.18. The Morgan fingerprint density at radius 3 is 2.16 bits per heavy atom. The van der Waals surface area contributed by atoms with Gasteiger partial charge in [-0.25, -0.2) is 4.79 Å². The minimum absolute atomic E-state index is 0.000763. The highest BCUT2D eigenvalue weighted by Gasteiger charge is 2.33. The molecule has 2 aliphatic rings. The fourth-order valence-electron chi connectivity index (χ4n) is 4.32. The number of hydrogen-bond donors (Lipinski definition) is 3. The lowest BCUT2D eigenvalue weighted by Gasteiger charge is -2.18. The highest BCUT2D eigenvalue weighted by molar-refractivity contribution is 5.81. The molecule has 0 bridgehead atoms. The number of nitrogens with one attached hydrogen (secondary N) is 2. The van der Waals surface area contributed by atoms with E-state index in [0.717, 1.165) is 24.0 Å². The third-order valence-corrected chi connectivity index (χ3v) is 6.03. The van der Waals surface area contributed by atoms with Crippen LogP contribution >= 0.6 is 0 Å². The molecule has 4 rings (SSSR count). The van der Waals surface area contributed by atoms with Crippen molar-refractivity contribution >= 4 is 18.0 Å². The molecule has 0 heterocycles. The lowest BCUT2D eigenvalue weighted by atomic mass is 9.98. The van der Waals surface area contributed by atoms with Gasteiger partial charge in [0, 0.05) is 18.9 Å². The number of carboxylic acids is 1. The van der Waals surface area contributed by atoms with Crippen LogP contribution in [0.3, 0.4) is 0 Å². The van der Waals surface area contributed by atoms with E-state index in [4.69, 9.17) is 9.84 Å². The number of benzene rings is 2. The van der Waals surface area contributed by atoms with Crippen molar-refractivity contribution in [2.45, 2.75) is 25.2 Å². The highest BCUT2D eigenvalue weighted by atomic mass is 16.5. The zero-order valence-electron chi connectivity index (χ0n) is 17.2. The minimum atomic E-state index is -1.08. The van der Waals surface area contributed by atoms with E-state index in [1.807, 2.05) is 24.3 Å². The van der Waals surface area contributed by atoms with E-state index in [2.05, 4.69) is 34.9 Å². The van der Waals surface area contributed by atoms with Crippen molar-refractivity contribution in [3.05, 3.63) is 59.7 Å². The van der Waals surface area contributed by atoms with E-state index >= 15 is 0 Å². The van der Waals surface area contributed by atoms with Gasteiger partial charge in [-0.3, -0.25) is 9.59 Å². The average Bonchev–Trinajstić information content (AvgIpc) is 3.56. The van der Waals surface area contributed by atoms with Gasteiger partial charge in [0.15, 0.2) is 0 Å². The van der Waals surface area contributed by atoms with Crippen molar-refractivity contribution in [2.24, 2.45) is 11.8 Å². The number of aliphatic carboxylic acids is 1. The summed E-state index contributed by atoms with van der Waals surface area (Å²) in [4.78, 5) is 34.9. The summed E-state index contributed by atoms with van der Waals surface area (Å²) < 4.78 is 5.55. The molecule has 31 heavy (non-hydrogen) atoms. The lowest BCUT2D eigenvalue weighted by Crippen LogP contribution is -2.36. The molecule has 1 saturated carbocycles. The van der Waals surface area contributed by atoms with E-state index in [-0.39, 0.29) is 30.8 Å². The Bertz CT molecular complexity index is 940. The summed E-state index contributed by atoms with van der Waals surface area (Å²) in [7, 11) is 0. The number of amides is 2. The van der Waals surface area contributed by atoms with Gasteiger partial charge < -0.3 is 20.5 Å². The van der Waals surface area contributed by atoms with Crippen molar-refractivity contribution in [2.75, 3.05) is 19.7 Å². The van der Waals surface area contributed by atoms with Gasteiger partial charge in [-0.2, -0.15) is 0 Å². The molecule has 0 aliphatic heterocycles. The molecular formula is C24H26N2O5. The molecule has 2 aliphatic carbocycles. The smallest absolute Gasteiger partial charge is 0.407 e. The van der Waals surface area contributed by atoms with Crippen LogP contribution in [0, 0.1) is 11.8 Å². The van der Waals surface area contributed by atoms with Crippen LogP contribution in [0.1, 0.15) is 36.3 Å². The molecule has 2 amide bonds. The van der Waals surface area contributed by atoms with Crippen molar-refractivity contribution in [3.8, 4) is 11.1 Å². The van der Waals surface area contributed by atoms with Gasteiger partial charge in [0.2, 0.25) is 5.91 Å². The van der Waals surface area contributed by atoms with Gasteiger partial charge >= 0.3 is 12.1 Å². The fourth-order valence-corrected chi connectivity index (χ4v) is 4.32. The Kier molecular flexibility index (Phi) is 6.21. The summed E-state index contributed by atoms with van der Waals surface area (Å²) in [5.74, 6) is -1.03. The average molecular weight is 422 g/mol. The summed E-state index contributed by atoms with van der Waals surface area (Å²) >= 11 is 0. The first-order valence-corrected chi connectivity index (χ1v) is 10.6. The Hall–Kier alpha value is -3.35. The first-order valence-electron chi connectivity index (χ1n) is 10.6. The quantitative estimate of drug-likeness (QED) is 0.576. The Balaban J connectivity index is 1.30. The molecule has 1 atom stereocenters. The topological polar surface area (TPSA) is 105 Å². The van der Waals surface area contributed by atoms with Crippen LogP contribution < -0.4 is 10.6 Å². The second-order valence-corrected chi connectivity index (χ2v) is 8.18. The Morgan fingerprint density at radius 1 is 0.968 bits per heavy atom. The number of fused-ring (bicyclic) bond motifs is 3. The lowest BCUT2D eigenvalue weighted by molar-refractivity contribution is -0.138. The SMILES string of the molecule is O=C(O)CNC(=O)CC(CNC(=O)OCC1c2ccccc2-c2ccccc21)C1CC1. The molecule has 7 nitrogen and oxygen atoms in total. The molecule has 1 unspecified atom stereocenters. The molecule has 7 heteroatoms. The monoisotopic (exact) mass is 422 g/mol. The van der Waals surface area contributed by atoms with Gasteiger partial charge in [-0.15, -0.1) is 0 Å². The van der Waals surface area contributed by atoms with E-state index < -0.39 is 18.6 Å². The normalized spacial score (nSPS) is 15.5. The van der Waals surface area contributed by atoms with E-state index in [1.165, 1.54) is 11.1 Å². The highest BCUT2D eigenvalue weighted by Crippen LogP contribution is 2.44. The minimum Gasteiger partial charge on any atom is -0.480 e. The van der Waals surface area contributed by atoms with Crippen LogP contribution in [-0.2, 0) is 14.3 Å². The largest absolute Gasteiger partial charge is 0.480 e. The Labute approximate surface area is 180 Å². The van der Waals surface area contributed by atoms with Gasteiger partial charge in [0.05, 0.1) is 0 Å². The van der Waals surface area contributed by atoms with Crippen LogP contribution in [0.4, 0.5) is 4.79 Å². The third kappa shape index (κ3) is 5.05. The van der Waals surface area contributed by atoms with Crippen molar-refractivity contribution < 1.29 is 24.2 Å². The first-order chi connectivity index (χ1) is 15.0. The fraction of sp³-hybridized carbons (Fsp3) is 0.375. The van der Waals surface area contributed by atoms with Gasteiger partial charge in [-0.1, -0.05) is 48.5 Å². The number of ether oxygens (including phenoxy) is 1. The van der Waals surface area contributed by atoms with Gasteiger partial charge in [0.25, 0.3) is 0 Å². The van der Waals surface area contributed by atoms with Crippen molar-refractivity contribution in [1.82, 2.24) is 10.6 Å².